The number of urea groups is 1. The highest BCUT2D eigenvalue weighted by Gasteiger charge is 2.17. The molecule has 0 saturated carbocycles. The van der Waals surface area contributed by atoms with Crippen LogP contribution in [0.3, 0.4) is 0 Å². The number of benzene rings is 1. The Balaban J connectivity index is 2.02. The quantitative estimate of drug-likeness (QED) is 0.274. The first-order valence-electron chi connectivity index (χ1n) is 6.07. The van der Waals surface area contributed by atoms with Gasteiger partial charge < -0.3 is 15.3 Å². The Kier molecular flexibility index (Phi) is 4.01. The molecular weight excluding hydrogens is 234 g/mol. The van der Waals surface area contributed by atoms with Crippen molar-refractivity contribution in [1.82, 2.24) is 4.90 Å². The molecule has 1 aliphatic rings. The molecule has 0 aliphatic carbocycles. The van der Waals surface area contributed by atoms with Crippen LogP contribution in [0.15, 0.2) is 18.2 Å². The van der Waals surface area contributed by atoms with Gasteiger partial charge in [0.1, 0.15) is 0 Å². The van der Waals surface area contributed by atoms with Crippen LogP contribution in [0.5, 0.6) is 5.75 Å². The maximum absolute atomic E-state index is 11.9. The molecule has 0 unspecified atom stereocenters. The monoisotopic (exact) mass is 252 g/mol. The highest BCUT2D eigenvalue weighted by Crippen LogP contribution is 2.22. The molecule has 1 fully saturated rings. The number of amides is 2. The number of quaternary nitrogens is 1. The third-order valence-electron chi connectivity index (χ3n) is 3.06. The summed E-state index contributed by atoms with van der Waals surface area (Å²) in [5.41, 5.74) is 1.65. The van der Waals surface area contributed by atoms with Crippen molar-refractivity contribution in [1.29, 1.82) is 0 Å². The zero-order valence-corrected chi connectivity index (χ0v) is 10.1. The number of nitrogens with one attached hydrogen (secondary N) is 1. The Morgan fingerprint density at radius 2 is 2.00 bits per heavy atom. The number of carbonyl (C=O) groups is 1. The number of rotatable bonds is 2. The predicted molar refractivity (Wildman–Crippen MR) is 65.9 cm³/mol. The molecule has 5 N–H and O–H groups in total. The van der Waals surface area contributed by atoms with E-state index in [-0.39, 0.29) is 17.5 Å². The lowest BCUT2D eigenvalue weighted by Gasteiger charge is -2.26. The Labute approximate surface area is 105 Å². The number of hydrogen-bond donors (Lipinski definition) is 4. The Hall–Kier alpha value is -1.79. The van der Waals surface area contributed by atoms with E-state index >= 15 is 0 Å². The van der Waals surface area contributed by atoms with Crippen molar-refractivity contribution in [2.24, 2.45) is 0 Å². The van der Waals surface area contributed by atoms with Crippen molar-refractivity contribution in [3.8, 4) is 5.75 Å². The molecule has 1 saturated heterocycles. The van der Waals surface area contributed by atoms with Gasteiger partial charge in [-0.2, -0.15) is 5.48 Å². The van der Waals surface area contributed by atoms with Gasteiger partial charge in [-0.05, 0) is 31.4 Å². The van der Waals surface area contributed by atoms with Gasteiger partial charge >= 0.3 is 6.03 Å². The lowest BCUT2D eigenvalue weighted by molar-refractivity contribution is -0.825. The van der Waals surface area contributed by atoms with Crippen molar-refractivity contribution >= 4 is 17.4 Å². The van der Waals surface area contributed by atoms with Crippen molar-refractivity contribution in [3.05, 3.63) is 18.2 Å². The molecule has 2 rings (SSSR count). The summed E-state index contributed by atoms with van der Waals surface area (Å²) in [5.74, 6) is -0.0199. The van der Waals surface area contributed by atoms with Crippen molar-refractivity contribution in [3.63, 3.8) is 0 Å². The molecule has 0 radical (unpaired) electrons. The Bertz CT molecular complexity index is 431. The van der Waals surface area contributed by atoms with E-state index in [1.807, 2.05) is 0 Å². The third kappa shape index (κ3) is 2.91. The van der Waals surface area contributed by atoms with Gasteiger partial charge in [-0.25, -0.2) is 10.0 Å². The lowest BCUT2D eigenvalue weighted by atomic mass is 10.1. The number of phenols is 1. The highest BCUT2D eigenvalue weighted by atomic mass is 16.5. The second-order valence-electron chi connectivity index (χ2n) is 4.38. The van der Waals surface area contributed by atoms with E-state index in [4.69, 9.17) is 5.21 Å². The number of likely N-dealkylation sites (tertiary alicyclic amines) is 1. The minimum Gasteiger partial charge on any atom is -0.503 e. The second kappa shape index (κ2) is 5.70. The molecule has 6 nitrogen and oxygen atoms in total. The molecule has 2 amide bonds. The number of aromatic hydroxyl groups is 1. The molecule has 6 heteroatoms. The van der Waals surface area contributed by atoms with Crippen LogP contribution in [0.4, 0.5) is 16.2 Å². The SMILES string of the molecule is O=C(Nc1ccc(O)c([NH2+]O)c1)N1CCCCC1. The first-order chi connectivity index (χ1) is 8.70. The summed E-state index contributed by atoms with van der Waals surface area (Å²) in [6.45, 7) is 1.56. The molecular formula is C12H18N3O3+. The standard InChI is InChI=1S/C12H17N3O3/c16-11-5-4-9(8-10(11)14-18)13-12(17)15-6-2-1-3-7-15/h4-5,8,14,16,18H,1-3,6-7H2,(H,13,17)/p+1. The summed E-state index contributed by atoms with van der Waals surface area (Å²) in [6, 6.07) is 4.43. The molecule has 98 valence electrons. The molecule has 1 aliphatic heterocycles. The maximum Gasteiger partial charge on any atom is 0.321 e. The predicted octanol–water partition coefficient (Wildman–Crippen LogP) is 0.994. The molecule has 0 spiro atoms. The number of carbonyl (C=O) groups excluding carboxylic acids is 1. The van der Waals surface area contributed by atoms with Gasteiger partial charge in [0.15, 0.2) is 5.75 Å². The zero-order chi connectivity index (χ0) is 13.0. The first kappa shape index (κ1) is 12.7. The molecule has 0 bridgehead atoms. The maximum atomic E-state index is 11.9. The molecule has 1 aromatic rings. The van der Waals surface area contributed by atoms with E-state index in [1.165, 1.54) is 18.6 Å². The zero-order valence-electron chi connectivity index (χ0n) is 10.1. The molecule has 1 aromatic carbocycles. The highest BCUT2D eigenvalue weighted by molar-refractivity contribution is 5.89. The van der Waals surface area contributed by atoms with Gasteiger partial charge in [-0.1, -0.05) is 0 Å². The fraction of sp³-hybridized carbons (Fsp3) is 0.417. The van der Waals surface area contributed by atoms with E-state index in [2.05, 4.69) is 5.32 Å². The molecule has 18 heavy (non-hydrogen) atoms. The summed E-state index contributed by atoms with van der Waals surface area (Å²) in [6.07, 6.45) is 3.25. The largest absolute Gasteiger partial charge is 0.503 e. The number of hydrogen-bond acceptors (Lipinski definition) is 3. The van der Waals surface area contributed by atoms with Crippen LogP contribution in [-0.4, -0.2) is 34.3 Å². The van der Waals surface area contributed by atoms with Crippen molar-refractivity contribution < 1.29 is 20.6 Å². The third-order valence-corrected chi connectivity index (χ3v) is 3.06. The van der Waals surface area contributed by atoms with Crippen LogP contribution in [0.25, 0.3) is 0 Å². The van der Waals surface area contributed by atoms with E-state index in [9.17, 15) is 9.90 Å². The first-order valence-corrected chi connectivity index (χ1v) is 6.07. The number of nitrogens with zero attached hydrogens (tertiary/aromatic N) is 1. The van der Waals surface area contributed by atoms with Crippen LogP contribution in [-0.2, 0) is 0 Å². The number of phenolic OH excluding ortho intramolecular Hbond substituents is 1. The Morgan fingerprint density at radius 1 is 1.28 bits per heavy atom. The average Bonchev–Trinajstić information content (AvgIpc) is 2.42. The normalized spacial score (nSPS) is 15.5. The van der Waals surface area contributed by atoms with Crippen LogP contribution in [0, 0.1) is 0 Å². The fourth-order valence-electron chi connectivity index (χ4n) is 2.04. The van der Waals surface area contributed by atoms with Gasteiger partial charge in [0.2, 0.25) is 5.69 Å². The topological polar surface area (TPSA) is 89.4 Å². The van der Waals surface area contributed by atoms with Gasteiger partial charge in [0.25, 0.3) is 0 Å². The Morgan fingerprint density at radius 3 is 2.67 bits per heavy atom. The minimum atomic E-state index is -0.135. The average molecular weight is 252 g/mol. The summed E-state index contributed by atoms with van der Waals surface area (Å²) in [4.78, 5) is 13.7. The summed E-state index contributed by atoms with van der Waals surface area (Å²) >= 11 is 0. The van der Waals surface area contributed by atoms with Crippen molar-refractivity contribution in [2.75, 3.05) is 18.4 Å². The summed E-state index contributed by atoms with van der Waals surface area (Å²) in [5, 5.41) is 21.1. The molecule has 0 atom stereocenters. The smallest absolute Gasteiger partial charge is 0.321 e. The minimum absolute atomic E-state index is 0.0199. The van der Waals surface area contributed by atoms with Gasteiger partial charge in [0.05, 0.1) is 0 Å². The molecule has 0 aromatic heterocycles. The van der Waals surface area contributed by atoms with Crippen LogP contribution in [0.2, 0.25) is 0 Å². The van der Waals surface area contributed by atoms with Crippen LogP contribution < -0.4 is 10.8 Å². The number of nitrogens with two attached hydrogens (primary N) is 1. The van der Waals surface area contributed by atoms with Crippen LogP contribution >= 0.6 is 0 Å². The lowest BCUT2D eigenvalue weighted by Crippen LogP contribution is -2.73. The van der Waals surface area contributed by atoms with E-state index in [0.717, 1.165) is 31.4 Å². The fourth-order valence-corrected chi connectivity index (χ4v) is 2.04. The number of piperidine rings is 1. The van der Waals surface area contributed by atoms with E-state index in [1.54, 1.807) is 11.0 Å². The van der Waals surface area contributed by atoms with Crippen LogP contribution in [0.1, 0.15) is 19.3 Å². The van der Waals surface area contributed by atoms with Gasteiger partial charge in [-0.15, -0.1) is 0 Å². The van der Waals surface area contributed by atoms with Gasteiger partial charge in [0, 0.05) is 24.8 Å². The van der Waals surface area contributed by atoms with E-state index < -0.39 is 0 Å². The summed E-state index contributed by atoms with van der Waals surface area (Å²) < 4.78 is 0. The van der Waals surface area contributed by atoms with E-state index in [0.29, 0.717) is 5.69 Å². The summed E-state index contributed by atoms with van der Waals surface area (Å²) in [7, 11) is 0. The van der Waals surface area contributed by atoms with Crippen molar-refractivity contribution in [2.45, 2.75) is 19.3 Å². The second-order valence-corrected chi connectivity index (χ2v) is 4.38. The van der Waals surface area contributed by atoms with Gasteiger partial charge in [-0.3, -0.25) is 0 Å². The number of anilines is 1. The molecule has 1 heterocycles.